The zero-order chi connectivity index (χ0) is 31.9. The lowest BCUT2D eigenvalue weighted by molar-refractivity contribution is -0.137. The molecule has 1 amide bonds. The number of carbonyl (C=O) groups excluding carboxylic acids is 1. The lowest BCUT2D eigenvalue weighted by Crippen LogP contribution is -2.27. The molecule has 0 saturated carbocycles. The molecule has 0 spiro atoms. The number of rotatable bonds is 3. The number of anilines is 1. The first-order valence-electron chi connectivity index (χ1n) is 14.3. The number of aryl methyl sites for hydroxylation is 1. The molecular formula is C33H28ClF3N6O2. The van der Waals surface area contributed by atoms with E-state index >= 15 is 0 Å². The molecule has 2 bridgehead atoms. The topological polar surface area (TPSA) is 94.7 Å². The van der Waals surface area contributed by atoms with Gasteiger partial charge in [-0.2, -0.15) is 18.3 Å². The largest absolute Gasteiger partial charge is 0.416 e. The van der Waals surface area contributed by atoms with Gasteiger partial charge in [0.1, 0.15) is 0 Å². The Hall–Kier alpha value is -4.77. The summed E-state index contributed by atoms with van der Waals surface area (Å²) < 4.78 is 43.6. The number of halogens is 4. The van der Waals surface area contributed by atoms with E-state index in [1.807, 2.05) is 19.1 Å². The third kappa shape index (κ3) is 6.12. The van der Waals surface area contributed by atoms with Crippen LogP contribution in [0.5, 0.6) is 0 Å². The lowest BCUT2D eigenvalue weighted by atomic mass is 9.95. The number of amides is 1. The molecule has 0 radical (unpaired) electrons. The number of nitrogens with zero attached hydrogens (tertiary/aromatic N) is 5. The zero-order valence-electron chi connectivity index (χ0n) is 24.3. The Morgan fingerprint density at radius 3 is 2.56 bits per heavy atom. The molecule has 1 N–H and O–H groups in total. The number of alkyl halides is 3. The highest BCUT2D eigenvalue weighted by Crippen LogP contribution is 2.37. The number of nitrogens with one attached hydrogen (secondary N) is 1. The highest BCUT2D eigenvalue weighted by molar-refractivity contribution is 6.31. The first-order chi connectivity index (χ1) is 21.5. The van der Waals surface area contributed by atoms with Gasteiger partial charge in [0.15, 0.2) is 0 Å². The summed E-state index contributed by atoms with van der Waals surface area (Å²) in [6, 6.07) is 14.3. The highest BCUT2D eigenvalue weighted by Gasteiger charge is 2.31. The van der Waals surface area contributed by atoms with Crippen LogP contribution in [0.4, 0.5) is 18.9 Å². The van der Waals surface area contributed by atoms with Gasteiger partial charge in [-0.15, -0.1) is 0 Å². The van der Waals surface area contributed by atoms with Crippen molar-refractivity contribution in [3.05, 3.63) is 106 Å². The van der Waals surface area contributed by atoms with Crippen molar-refractivity contribution in [2.75, 3.05) is 5.32 Å². The van der Waals surface area contributed by atoms with E-state index in [1.165, 1.54) is 23.0 Å². The molecule has 1 aliphatic rings. The molecule has 4 heterocycles. The standard InChI is InChI=1S/C33H28ClF3N6O2/c1-19-5-3-8-29(27-14-21(11-12-38-27)31-28(41-32(19)45)17-40-42(31)2)43-18-39-26(16-30(43)44)25-15-23(34)9-10-24(25)20-6-4-7-22(13-20)33(35,36)37/h4,6-7,9-19,29H,3,5,8H2,1-2H3,(H,41,45)/t19-,29+/m1/s1. The van der Waals surface area contributed by atoms with Gasteiger partial charge in [-0.3, -0.25) is 23.8 Å². The molecule has 12 heteroatoms. The van der Waals surface area contributed by atoms with Gasteiger partial charge in [0.05, 0.1) is 46.9 Å². The number of pyridine rings is 1. The molecule has 3 aromatic heterocycles. The van der Waals surface area contributed by atoms with Gasteiger partial charge < -0.3 is 5.32 Å². The first-order valence-corrected chi connectivity index (χ1v) is 14.7. The van der Waals surface area contributed by atoms with Gasteiger partial charge >= 0.3 is 6.18 Å². The average Bonchev–Trinajstić information content (AvgIpc) is 3.38. The van der Waals surface area contributed by atoms with Crippen molar-refractivity contribution in [3.63, 3.8) is 0 Å². The minimum absolute atomic E-state index is 0.114. The van der Waals surface area contributed by atoms with Crippen LogP contribution in [0.1, 0.15) is 43.5 Å². The predicted octanol–water partition coefficient (Wildman–Crippen LogP) is 7.39. The van der Waals surface area contributed by atoms with Crippen LogP contribution in [0.25, 0.3) is 33.6 Å². The SMILES string of the molecule is C[C@@H]1CCC[C@H](n2cnc(-c3cc(Cl)ccc3-c3cccc(C(F)(F)F)c3)cc2=O)c2cc(ccn2)-c2c(cnn2C)NC1=O. The van der Waals surface area contributed by atoms with Crippen LogP contribution < -0.4 is 10.9 Å². The summed E-state index contributed by atoms with van der Waals surface area (Å²) in [7, 11) is 1.79. The molecule has 8 nitrogen and oxygen atoms in total. The van der Waals surface area contributed by atoms with Crippen LogP contribution >= 0.6 is 11.6 Å². The van der Waals surface area contributed by atoms with E-state index in [0.717, 1.165) is 17.7 Å². The summed E-state index contributed by atoms with van der Waals surface area (Å²) in [4.78, 5) is 35.9. The third-order valence-electron chi connectivity index (χ3n) is 8.08. The number of hydrogen-bond donors (Lipinski definition) is 1. The van der Waals surface area contributed by atoms with Gasteiger partial charge in [-0.1, -0.05) is 43.1 Å². The Bertz CT molecular complexity index is 1970. The van der Waals surface area contributed by atoms with E-state index in [-0.39, 0.29) is 23.1 Å². The number of benzene rings is 2. The molecular weight excluding hydrogens is 605 g/mol. The van der Waals surface area contributed by atoms with Crippen molar-refractivity contribution in [2.45, 2.75) is 38.4 Å². The maximum atomic E-state index is 13.8. The number of aromatic nitrogens is 5. The summed E-state index contributed by atoms with van der Waals surface area (Å²) >= 11 is 6.30. The smallest absolute Gasteiger partial charge is 0.323 e. The molecule has 0 aliphatic carbocycles. The van der Waals surface area contributed by atoms with Gasteiger partial charge in [-0.25, -0.2) is 4.98 Å². The van der Waals surface area contributed by atoms with Crippen molar-refractivity contribution in [3.8, 4) is 33.6 Å². The maximum absolute atomic E-state index is 13.8. The molecule has 0 saturated heterocycles. The fraction of sp³-hybridized carbons (Fsp3) is 0.242. The molecule has 2 aromatic carbocycles. The van der Waals surface area contributed by atoms with Gasteiger partial charge in [0.2, 0.25) is 5.91 Å². The maximum Gasteiger partial charge on any atom is 0.416 e. The molecule has 0 fully saturated rings. The normalized spacial score (nSPS) is 17.2. The van der Waals surface area contributed by atoms with E-state index < -0.39 is 17.8 Å². The summed E-state index contributed by atoms with van der Waals surface area (Å²) in [5.74, 6) is -0.393. The van der Waals surface area contributed by atoms with E-state index in [4.69, 9.17) is 11.6 Å². The van der Waals surface area contributed by atoms with Crippen molar-refractivity contribution in [1.82, 2.24) is 24.3 Å². The molecule has 2 atom stereocenters. The van der Waals surface area contributed by atoms with Crippen molar-refractivity contribution >= 4 is 23.2 Å². The molecule has 1 aliphatic heterocycles. The van der Waals surface area contributed by atoms with Crippen LogP contribution in [0, 0.1) is 5.92 Å². The number of hydrogen-bond acceptors (Lipinski definition) is 5. The predicted molar refractivity (Wildman–Crippen MR) is 166 cm³/mol. The fourth-order valence-electron chi connectivity index (χ4n) is 5.72. The Morgan fingerprint density at radius 2 is 1.78 bits per heavy atom. The minimum atomic E-state index is -4.51. The van der Waals surface area contributed by atoms with Crippen molar-refractivity contribution in [2.24, 2.45) is 13.0 Å². The van der Waals surface area contributed by atoms with Crippen LogP contribution in [-0.4, -0.2) is 30.2 Å². The van der Waals surface area contributed by atoms with E-state index in [2.05, 4.69) is 20.4 Å². The first kappa shape index (κ1) is 30.3. The second kappa shape index (κ2) is 12.0. The highest BCUT2D eigenvalue weighted by atomic mass is 35.5. The fourth-order valence-corrected chi connectivity index (χ4v) is 5.89. The molecule has 0 unspecified atom stereocenters. The molecule has 45 heavy (non-hydrogen) atoms. The summed E-state index contributed by atoms with van der Waals surface area (Å²) in [6.07, 6.45) is 1.92. The van der Waals surface area contributed by atoms with Crippen molar-refractivity contribution < 1.29 is 18.0 Å². The molecule has 230 valence electrons. The van der Waals surface area contributed by atoms with Crippen molar-refractivity contribution in [1.29, 1.82) is 0 Å². The second-order valence-corrected chi connectivity index (χ2v) is 11.6. The van der Waals surface area contributed by atoms with E-state index in [1.54, 1.807) is 48.4 Å². The summed E-state index contributed by atoms with van der Waals surface area (Å²) in [5.41, 5.74) is 3.02. The Morgan fingerprint density at radius 1 is 0.956 bits per heavy atom. The summed E-state index contributed by atoms with van der Waals surface area (Å²) in [5, 5.41) is 7.67. The van der Waals surface area contributed by atoms with Gasteiger partial charge in [0.25, 0.3) is 5.56 Å². The lowest BCUT2D eigenvalue weighted by Gasteiger charge is -2.22. The van der Waals surface area contributed by atoms with Crippen LogP contribution in [-0.2, 0) is 18.0 Å². The summed E-state index contributed by atoms with van der Waals surface area (Å²) in [6.45, 7) is 1.86. The quantitative estimate of drug-likeness (QED) is 0.224. The average molecular weight is 633 g/mol. The third-order valence-corrected chi connectivity index (χ3v) is 8.32. The molecule has 5 aromatic rings. The monoisotopic (exact) mass is 632 g/mol. The van der Waals surface area contributed by atoms with Gasteiger partial charge in [0, 0.05) is 41.4 Å². The Labute approximate surface area is 261 Å². The van der Waals surface area contributed by atoms with E-state index in [9.17, 15) is 22.8 Å². The van der Waals surface area contributed by atoms with Crippen LogP contribution in [0.15, 0.2) is 84.2 Å². The minimum Gasteiger partial charge on any atom is -0.323 e. The number of fused-ring (bicyclic) bond motifs is 4. The number of carbonyl (C=O) groups is 1. The van der Waals surface area contributed by atoms with Crippen LogP contribution in [0.3, 0.4) is 0 Å². The zero-order valence-corrected chi connectivity index (χ0v) is 25.1. The molecule has 6 rings (SSSR count). The Balaban J connectivity index is 1.43. The Kier molecular flexibility index (Phi) is 8.05. The van der Waals surface area contributed by atoms with Gasteiger partial charge in [-0.05, 0) is 60.4 Å². The second-order valence-electron chi connectivity index (χ2n) is 11.1. The van der Waals surface area contributed by atoms with Crippen LogP contribution in [0.2, 0.25) is 5.02 Å². The van der Waals surface area contributed by atoms with E-state index in [0.29, 0.717) is 58.1 Å².